The molecule has 0 radical (unpaired) electrons. The van der Waals surface area contributed by atoms with Gasteiger partial charge in [-0.05, 0) is 25.7 Å². The molecule has 30 heavy (non-hydrogen) atoms. The minimum atomic E-state index is -0.386. The number of aromatic nitrogens is 2. The Bertz CT molecular complexity index is 755. The van der Waals surface area contributed by atoms with Gasteiger partial charge in [0, 0.05) is 50.8 Å². The molecular formula is C20H31Cl2N5O3. The highest BCUT2D eigenvalue weighted by Gasteiger charge is 2.51. The number of nitrogens with one attached hydrogen (secondary N) is 2. The number of morpholine rings is 1. The van der Waals surface area contributed by atoms with E-state index in [1.807, 2.05) is 4.90 Å². The number of likely N-dealkylation sites (tertiary alicyclic amines) is 1. The van der Waals surface area contributed by atoms with Gasteiger partial charge in [-0.25, -0.2) is 4.98 Å². The van der Waals surface area contributed by atoms with Gasteiger partial charge in [0.1, 0.15) is 6.10 Å². The van der Waals surface area contributed by atoms with Crippen LogP contribution in [0.3, 0.4) is 0 Å². The summed E-state index contributed by atoms with van der Waals surface area (Å²) >= 11 is 0. The number of nitrogens with zero attached hydrogens (tertiary/aromatic N) is 3. The Balaban J connectivity index is 0.00000128. The van der Waals surface area contributed by atoms with Gasteiger partial charge in [-0.2, -0.15) is 0 Å². The molecule has 3 fully saturated rings. The van der Waals surface area contributed by atoms with E-state index >= 15 is 0 Å². The average Bonchev–Trinajstić information content (AvgIpc) is 3.18. The first-order chi connectivity index (χ1) is 13.7. The number of aromatic amines is 1. The lowest BCUT2D eigenvalue weighted by Crippen LogP contribution is -2.61. The zero-order valence-electron chi connectivity index (χ0n) is 17.1. The maximum atomic E-state index is 13.2. The number of rotatable bonds is 2. The lowest BCUT2D eigenvalue weighted by molar-refractivity contribution is -0.154. The van der Waals surface area contributed by atoms with Crippen LogP contribution in [-0.4, -0.2) is 77.0 Å². The molecule has 0 aromatic carbocycles. The monoisotopic (exact) mass is 459 g/mol. The second-order valence-corrected chi connectivity index (χ2v) is 8.52. The van der Waals surface area contributed by atoms with Crippen LogP contribution < -0.4 is 5.32 Å². The van der Waals surface area contributed by atoms with Crippen molar-refractivity contribution in [2.24, 2.45) is 5.92 Å². The molecule has 1 aromatic rings. The van der Waals surface area contributed by atoms with Gasteiger partial charge in [0.25, 0.3) is 5.91 Å². The zero-order chi connectivity index (χ0) is 19.1. The Kier molecular flexibility index (Phi) is 7.32. The van der Waals surface area contributed by atoms with Gasteiger partial charge in [-0.15, -0.1) is 24.8 Å². The van der Waals surface area contributed by atoms with Crippen molar-refractivity contribution in [3.05, 3.63) is 17.7 Å². The number of fused-ring (bicyclic) bond motifs is 2. The molecule has 1 aromatic heterocycles. The molecular weight excluding hydrogens is 429 g/mol. The van der Waals surface area contributed by atoms with Crippen molar-refractivity contribution >= 4 is 36.6 Å². The van der Waals surface area contributed by atoms with Gasteiger partial charge in [0.05, 0.1) is 24.2 Å². The van der Waals surface area contributed by atoms with Crippen molar-refractivity contribution in [3.63, 3.8) is 0 Å². The largest absolute Gasteiger partial charge is 0.366 e. The zero-order valence-corrected chi connectivity index (χ0v) is 18.7. The smallest absolute Gasteiger partial charge is 0.253 e. The van der Waals surface area contributed by atoms with E-state index < -0.39 is 0 Å². The van der Waals surface area contributed by atoms with Crippen LogP contribution in [0.5, 0.6) is 0 Å². The van der Waals surface area contributed by atoms with Crippen molar-refractivity contribution in [2.75, 3.05) is 39.3 Å². The molecule has 4 aliphatic rings. The quantitative estimate of drug-likeness (QED) is 0.694. The summed E-state index contributed by atoms with van der Waals surface area (Å²) in [5.41, 5.74) is 1.80. The van der Waals surface area contributed by atoms with Crippen molar-refractivity contribution in [1.29, 1.82) is 0 Å². The molecule has 0 bridgehead atoms. The van der Waals surface area contributed by atoms with Gasteiger partial charge in [-0.1, -0.05) is 6.42 Å². The van der Waals surface area contributed by atoms with E-state index in [-0.39, 0.29) is 48.3 Å². The van der Waals surface area contributed by atoms with E-state index in [1.54, 1.807) is 6.33 Å². The van der Waals surface area contributed by atoms with Crippen LogP contribution in [0.25, 0.3) is 0 Å². The molecule has 2 saturated heterocycles. The second kappa shape index (κ2) is 9.42. The predicted molar refractivity (Wildman–Crippen MR) is 116 cm³/mol. The first kappa shape index (κ1) is 23.3. The molecule has 1 atom stereocenters. The highest BCUT2D eigenvalue weighted by molar-refractivity contribution is 5.85. The number of imidazole rings is 1. The maximum Gasteiger partial charge on any atom is 0.253 e. The van der Waals surface area contributed by atoms with E-state index in [0.717, 1.165) is 63.0 Å². The van der Waals surface area contributed by atoms with Crippen LogP contribution in [0, 0.1) is 5.92 Å². The summed E-state index contributed by atoms with van der Waals surface area (Å²) in [5, 5.41) is 3.23. The molecule has 2 N–H and O–H groups in total. The third-order valence-electron chi connectivity index (χ3n) is 7.09. The molecule has 1 aliphatic carbocycles. The van der Waals surface area contributed by atoms with Crippen LogP contribution in [0.2, 0.25) is 0 Å². The van der Waals surface area contributed by atoms with E-state index in [2.05, 4.69) is 20.2 Å². The molecule has 5 rings (SSSR count). The van der Waals surface area contributed by atoms with Gasteiger partial charge in [0.2, 0.25) is 5.91 Å². The highest BCUT2D eigenvalue weighted by atomic mass is 35.5. The number of amides is 2. The van der Waals surface area contributed by atoms with Crippen LogP contribution in [0.4, 0.5) is 0 Å². The summed E-state index contributed by atoms with van der Waals surface area (Å²) < 4.78 is 5.65. The number of halogens is 2. The number of hydrogen-bond acceptors (Lipinski definition) is 5. The molecule has 4 heterocycles. The summed E-state index contributed by atoms with van der Waals surface area (Å²) in [4.78, 5) is 38.0. The lowest BCUT2D eigenvalue weighted by atomic mass is 9.76. The van der Waals surface area contributed by atoms with Crippen molar-refractivity contribution in [3.8, 4) is 0 Å². The summed E-state index contributed by atoms with van der Waals surface area (Å²) in [6, 6.07) is 0. The second-order valence-electron chi connectivity index (χ2n) is 8.52. The van der Waals surface area contributed by atoms with Crippen LogP contribution in [0.1, 0.15) is 43.5 Å². The molecule has 2 amide bonds. The standard InChI is InChI=1S/C20H29N5O3.2ClH/c26-18(14-2-1-3-14)25-8-4-15-17(23-13-22-15)20(25)5-9-24(10-6-20)19(27)16-12-21-7-11-28-16;;/h13-14,16,21H,1-12H2,(H,22,23);2*1H. The molecule has 8 nitrogen and oxygen atoms in total. The molecule has 168 valence electrons. The van der Waals surface area contributed by atoms with Crippen LogP contribution in [-0.2, 0) is 26.3 Å². The van der Waals surface area contributed by atoms with Crippen molar-refractivity contribution in [1.82, 2.24) is 25.1 Å². The Morgan fingerprint density at radius 2 is 1.90 bits per heavy atom. The van der Waals surface area contributed by atoms with E-state index in [1.165, 1.54) is 0 Å². The SMILES string of the molecule is Cl.Cl.O=C(C1CNCCO1)N1CCC2(CC1)c1nc[nH]c1CCN2C(=O)C1CCC1. The van der Waals surface area contributed by atoms with Gasteiger partial charge in [0.15, 0.2) is 0 Å². The number of piperidine rings is 1. The summed E-state index contributed by atoms with van der Waals surface area (Å²) in [6.45, 7) is 3.98. The predicted octanol–water partition coefficient (Wildman–Crippen LogP) is 1.24. The molecule has 1 spiro atoms. The number of H-pyrrole nitrogens is 1. The number of hydrogen-bond donors (Lipinski definition) is 2. The topological polar surface area (TPSA) is 90.6 Å². The Morgan fingerprint density at radius 3 is 2.53 bits per heavy atom. The molecule has 10 heteroatoms. The number of carbonyl (C=O) groups excluding carboxylic acids is 2. The van der Waals surface area contributed by atoms with E-state index in [9.17, 15) is 9.59 Å². The minimum absolute atomic E-state index is 0. The fraction of sp³-hybridized carbons (Fsp3) is 0.750. The number of ether oxygens (including phenoxy) is 1. The summed E-state index contributed by atoms with van der Waals surface area (Å²) in [6.07, 6.45) is 6.86. The van der Waals surface area contributed by atoms with Crippen LogP contribution in [0.15, 0.2) is 6.33 Å². The summed E-state index contributed by atoms with van der Waals surface area (Å²) in [7, 11) is 0. The average molecular weight is 460 g/mol. The fourth-order valence-electron chi connectivity index (χ4n) is 5.21. The van der Waals surface area contributed by atoms with Crippen molar-refractivity contribution < 1.29 is 14.3 Å². The minimum Gasteiger partial charge on any atom is -0.366 e. The Morgan fingerprint density at radius 1 is 1.13 bits per heavy atom. The van der Waals surface area contributed by atoms with Crippen molar-refractivity contribution in [2.45, 2.75) is 50.2 Å². The molecule has 1 saturated carbocycles. The van der Waals surface area contributed by atoms with Gasteiger partial charge in [-0.3, -0.25) is 9.59 Å². The number of carbonyl (C=O) groups is 2. The Labute approximate surface area is 189 Å². The summed E-state index contributed by atoms with van der Waals surface area (Å²) in [5.74, 6) is 0.537. The van der Waals surface area contributed by atoms with Gasteiger partial charge < -0.3 is 24.8 Å². The van der Waals surface area contributed by atoms with E-state index in [0.29, 0.717) is 32.1 Å². The molecule has 1 unspecified atom stereocenters. The normalized spacial score (nSPS) is 25.5. The van der Waals surface area contributed by atoms with Gasteiger partial charge >= 0.3 is 0 Å². The molecule has 3 aliphatic heterocycles. The third-order valence-corrected chi connectivity index (χ3v) is 7.09. The fourth-order valence-corrected chi connectivity index (χ4v) is 5.21. The van der Waals surface area contributed by atoms with E-state index in [4.69, 9.17) is 4.74 Å². The maximum absolute atomic E-state index is 13.2. The Hall–Kier alpha value is -1.35. The first-order valence-electron chi connectivity index (χ1n) is 10.6. The van der Waals surface area contributed by atoms with Crippen LogP contribution >= 0.6 is 24.8 Å². The first-order valence-corrected chi connectivity index (χ1v) is 10.6. The third kappa shape index (κ3) is 3.83. The lowest BCUT2D eigenvalue weighted by Gasteiger charge is -2.52. The highest BCUT2D eigenvalue weighted by Crippen LogP contribution is 2.44.